The molecule has 0 bridgehead atoms. The van der Waals surface area contributed by atoms with Crippen molar-refractivity contribution in [1.82, 2.24) is 0 Å². The molecule has 0 heterocycles. The number of hydrogen-bond donors (Lipinski definition) is 0. The average Bonchev–Trinajstić information content (AvgIpc) is 2.70. The molecule has 0 radical (unpaired) electrons. The smallest absolute Gasteiger partial charge is 0.183 e. The Labute approximate surface area is 189 Å². The maximum atomic E-state index is 6.92. The van der Waals surface area contributed by atoms with Crippen LogP contribution in [0.25, 0.3) is 0 Å². The van der Waals surface area contributed by atoms with Gasteiger partial charge in [0.05, 0.1) is 18.9 Å². The molecule has 2 unspecified atom stereocenters. The van der Waals surface area contributed by atoms with Gasteiger partial charge in [-0.15, -0.1) is 0 Å². The van der Waals surface area contributed by atoms with Gasteiger partial charge in [0.1, 0.15) is 0 Å². The van der Waals surface area contributed by atoms with E-state index in [2.05, 4.69) is 20.4 Å². The van der Waals surface area contributed by atoms with Gasteiger partial charge in [0.2, 0.25) is 0 Å². The summed E-state index contributed by atoms with van der Waals surface area (Å²) in [6.07, 6.45) is 23.7. The molecule has 0 spiro atoms. The molecule has 0 aromatic carbocycles. The normalized spacial score (nSPS) is 14.8. The van der Waals surface area contributed by atoms with E-state index < -0.39 is 7.38 Å². The van der Waals surface area contributed by atoms with Crippen molar-refractivity contribution in [3.05, 3.63) is 0 Å². The van der Waals surface area contributed by atoms with Gasteiger partial charge in [-0.05, 0) is 12.5 Å². The van der Waals surface area contributed by atoms with Gasteiger partial charge in [-0.1, -0.05) is 123 Å². The molecule has 0 aliphatic carbocycles. The summed E-state index contributed by atoms with van der Waals surface area (Å²) in [5, 5.41) is 0. The van der Waals surface area contributed by atoms with E-state index in [1.54, 1.807) is 7.11 Å². The quantitative estimate of drug-likeness (QED) is 0.0880. The van der Waals surface area contributed by atoms with Gasteiger partial charge >= 0.3 is 0 Å². The first-order valence-electron chi connectivity index (χ1n) is 12.9. The molecule has 0 aromatic rings. The molecule has 0 amide bonds. The molecule has 2 atom stereocenters. The van der Waals surface area contributed by atoms with Crippen molar-refractivity contribution in [2.75, 3.05) is 20.3 Å². The molecule has 0 rings (SSSR count). The number of unbranched alkanes of at least 4 members (excludes halogenated alkanes) is 15. The van der Waals surface area contributed by atoms with Crippen molar-refractivity contribution >= 4 is 18.5 Å². The van der Waals surface area contributed by atoms with Gasteiger partial charge in [0.15, 0.2) is 7.38 Å². The molecule has 2 nitrogen and oxygen atoms in total. The van der Waals surface area contributed by atoms with Crippen LogP contribution in [0.4, 0.5) is 0 Å². The van der Waals surface area contributed by atoms with Crippen molar-refractivity contribution in [3.8, 4) is 0 Å². The second-order valence-electron chi connectivity index (χ2n) is 9.09. The summed E-state index contributed by atoms with van der Waals surface area (Å²) in [6.45, 7) is 8.10. The lowest BCUT2D eigenvalue weighted by Crippen LogP contribution is -2.41. The maximum absolute atomic E-state index is 6.92. The minimum atomic E-state index is -1.80. The summed E-state index contributed by atoms with van der Waals surface area (Å²) in [5.41, 5.74) is 0.260. The standard InChI is InChI=1S/C25H53ClO2Si/c1-5-7-8-9-10-11-12-13-14-15-16-17-18-19-20-21-24-29(4,26)25(6-2)28-23-22-27-3/h25H,5-24H2,1-4H3. The summed E-state index contributed by atoms with van der Waals surface area (Å²) < 4.78 is 11.1. The Morgan fingerprint density at radius 2 is 1.07 bits per heavy atom. The third-order valence-corrected chi connectivity index (χ3v) is 10.7. The molecule has 29 heavy (non-hydrogen) atoms. The van der Waals surface area contributed by atoms with Crippen LogP contribution >= 0.6 is 11.1 Å². The first kappa shape index (κ1) is 29.4. The Kier molecular flexibility index (Phi) is 22.0. The minimum absolute atomic E-state index is 0.260. The monoisotopic (exact) mass is 448 g/mol. The highest BCUT2D eigenvalue weighted by Gasteiger charge is 2.34. The zero-order chi connectivity index (χ0) is 21.6. The van der Waals surface area contributed by atoms with Crippen molar-refractivity contribution < 1.29 is 9.47 Å². The van der Waals surface area contributed by atoms with Gasteiger partial charge in [0.25, 0.3) is 0 Å². The Balaban J connectivity index is 3.43. The molecular weight excluding hydrogens is 396 g/mol. The number of halogens is 1. The predicted molar refractivity (Wildman–Crippen MR) is 134 cm³/mol. The van der Waals surface area contributed by atoms with Crippen molar-refractivity contribution in [1.29, 1.82) is 0 Å². The fraction of sp³-hybridized carbons (Fsp3) is 1.00. The Bertz CT molecular complexity index is 326. The van der Waals surface area contributed by atoms with Crippen molar-refractivity contribution in [2.45, 2.75) is 141 Å². The maximum Gasteiger partial charge on any atom is 0.183 e. The van der Waals surface area contributed by atoms with E-state index in [1.165, 1.54) is 109 Å². The van der Waals surface area contributed by atoms with E-state index in [0.717, 1.165) is 6.42 Å². The highest BCUT2D eigenvalue weighted by atomic mass is 35.6. The topological polar surface area (TPSA) is 18.5 Å². The van der Waals surface area contributed by atoms with Crippen LogP contribution in [0, 0.1) is 0 Å². The van der Waals surface area contributed by atoms with Crippen LogP contribution in [-0.2, 0) is 9.47 Å². The second kappa shape index (κ2) is 21.7. The Morgan fingerprint density at radius 1 is 0.655 bits per heavy atom. The predicted octanol–water partition coefficient (Wildman–Crippen LogP) is 9.04. The number of methoxy groups -OCH3 is 1. The lowest BCUT2D eigenvalue weighted by molar-refractivity contribution is 0.0484. The van der Waals surface area contributed by atoms with Crippen LogP contribution < -0.4 is 0 Å². The minimum Gasteiger partial charge on any atom is -0.382 e. The number of hydrogen-bond acceptors (Lipinski definition) is 2. The third kappa shape index (κ3) is 18.9. The van der Waals surface area contributed by atoms with Gasteiger partial charge in [-0.2, -0.15) is 11.1 Å². The van der Waals surface area contributed by atoms with Crippen LogP contribution in [0.15, 0.2) is 0 Å². The molecule has 0 saturated carbocycles. The van der Waals surface area contributed by atoms with E-state index in [-0.39, 0.29) is 5.73 Å². The zero-order valence-electron chi connectivity index (χ0n) is 20.4. The van der Waals surface area contributed by atoms with Gasteiger partial charge in [0, 0.05) is 7.11 Å². The number of ether oxygens (including phenoxy) is 2. The molecule has 0 aliphatic rings. The van der Waals surface area contributed by atoms with Crippen LogP contribution in [0.2, 0.25) is 12.6 Å². The van der Waals surface area contributed by atoms with Crippen LogP contribution in [0.1, 0.15) is 123 Å². The van der Waals surface area contributed by atoms with Crippen LogP contribution in [0.3, 0.4) is 0 Å². The van der Waals surface area contributed by atoms with E-state index >= 15 is 0 Å². The fourth-order valence-electron chi connectivity index (χ4n) is 4.17. The van der Waals surface area contributed by atoms with Gasteiger partial charge < -0.3 is 9.47 Å². The lowest BCUT2D eigenvalue weighted by atomic mass is 10.0. The number of rotatable bonds is 23. The molecule has 0 saturated heterocycles. The van der Waals surface area contributed by atoms with E-state index in [9.17, 15) is 0 Å². The van der Waals surface area contributed by atoms with Crippen LogP contribution in [-0.4, -0.2) is 33.4 Å². The summed E-state index contributed by atoms with van der Waals surface area (Å²) >= 11 is 6.92. The van der Waals surface area contributed by atoms with Crippen LogP contribution in [0.5, 0.6) is 0 Å². The average molecular weight is 449 g/mol. The molecular formula is C25H53ClO2Si. The third-order valence-electron chi connectivity index (χ3n) is 6.17. The van der Waals surface area contributed by atoms with E-state index in [4.69, 9.17) is 20.6 Å². The Morgan fingerprint density at radius 3 is 1.45 bits per heavy atom. The molecule has 0 fully saturated rings. The zero-order valence-corrected chi connectivity index (χ0v) is 22.2. The highest BCUT2D eigenvalue weighted by molar-refractivity contribution is 7.20. The van der Waals surface area contributed by atoms with E-state index in [1.807, 2.05) is 0 Å². The highest BCUT2D eigenvalue weighted by Crippen LogP contribution is 2.27. The van der Waals surface area contributed by atoms with Crippen molar-refractivity contribution in [3.63, 3.8) is 0 Å². The summed E-state index contributed by atoms with van der Waals surface area (Å²) in [6, 6.07) is 1.18. The first-order valence-corrected chi connectivity index (χ1v) is 16.7. The van der Waals surface area contributed by atoms with Crippen molar-refractivity contribution in [2.24, 2.45) is 0 Å². The molecule has 0 aromatic heterocycles. The summed E-state index contributed by atoms with van der Waals surface area (Å²) in [7, 11) is -0.0751. The summed E-state index contributed by atoms with van der Waals surface area (Å²) in [4.78, 5) is 0. The fourth-order valence-corrected chi connectivity index (χ4v) is 7.80. The first-order chi connectivity index (χ1) is 14.1. The lowest BCUT2D eigenvalue weighted by Gasteiger charge is -2.29. The van der Waals surface area contributed by atoms with Gasteiger partial charge in [-0.25, -0.2) is 0 Å². The SMILES string of the molecule is CCCCCCCCCCCCCCCCCC[Si](C)(Cl)C(CC)OCCOC. The molecule has 0 N–H and O–H groups in total. The molecule has 4 heteroatoms. The van der Waals surface area contributed by atoms with Gasteiger partial charge in [-0.3, -0.25) is 0 Å². The second-order valence-corrected chi connectivity index (χ2v) is 15.4. The molecule has 0 aliphatic heterocycles. The van der Waals surface area contributed by atoms with E-state index in [0.29, 0.717) is 13.2 Å². The largest absolute Gasteiger partial charge is 0.382 e. The Hall–Kier alpha value is 0.427. The molecule has 176 valence electrons. The summed E-state index contributed by atoms with van der Waals surface area (Å²) in [5.74, 6) is 0.